The quantitative estimate of drug-likeness (QED) is 0.407. The monoisotopic (exact) mass is 494 g/mol. The zero-order chi connectivity index (χ0) is 24.7. The number of nitrogens with one attached hydrogen (secondary N) is 2. The Balaban J connectivity index is 1.28. The summed E-state index contributed by atoms with van der Waals surface area (Å²) in [6.07, 6.45) is 0.988. The van der Waals surface area contributed by atoms with Crippen LogP contribution in [0.15, 0.2) is 53.9 Å². The van der Waals surface area contributed by atoms with Gasteiger partial charge in [0.25, 0.3) is 5.91 Å². The lowest BCUT2D eigenvalue weighted by atomic mass is 9.82. The van der Waals surface area contributed by atoms with E-state index in [1.165, 1.54) is 11.3 Å². The molecule has 0 atom stereocenters. The molecule has 1 aromatic heterocycles. The molecule has 1 amide bonds. The second kappa shape index (κ2) is 11.7. The number of nitrogens with zero attached hydrogens (tertiary/aromatic N) is 2. The highest BCUT2D eigenvalue weighted by Crippen LogP contribution is 2.34. The van der Waals surface area contributed by atoms with E-state index in [1.54, 1.807) is 19.2 Å². The number of rotatable bonds is 10. The molecule has 0 radical (unpaired) electrons. The van der Waals surface area contributed by atoms with Gasteiger partial charge in [-0.1, -0.05) is 26.0 Å². The third-order valence-corrected chi connectivity index (χ3v) is 7.15. The normalized spacial score (nSPS) is 14.5. The van der Waals surface area contributed by atoms with Gasteiger partial charge in [-0.25, -0.2) is 4.98 Å². The van der Waals surface area contributed by atoms with Gasteiger partial charge in [0.1, 0.15) is 11.5 Å². The van der Waals surface area contributed by atoms with E-state index in [4.69, 9.17) is 14.5 Å². The lowest BCUT2D eigenvalue weighted by Gasteiger charge is -2.26. The third-order valence-electron chi connectivity index (χ3n) is 6.39. The first-order chi connectivity index (χ1) is 17.0. The first kappa shape index (κ1) is 25.2. The maximum absolute atomic E-state index is 12.8. The predicted octanol–water partition coefficient (Wildman–Crippen LogP) is 4.40. The Morgan fingerprint density at radius 2 is 1.77 bits per heavy atom. The Bertz CT molecular complexity index is 1090. The maximum Gasteiger partial charge on any atom is 0.257 e. The average molecular weight is 495 g/mol. The molecule has 1 aliphatic heterocycles. The van der Waals surface area contributed by atoms with Crippen LogP contribution in [0.25, 0.3) is 0 Å². The van der Waals surface area contributed by atoms with E-state index < -0.39 is 0 Å². The minimum atomic E-state index is -0.296. The maximum atomic E-state index is 12.8. The van der Waals surface area contributed by atoms with Crippen LogP contribution in [0.5, 0.6) is 11.5 Å². The summed E-state index contributed by atoms with van der Waals surface area (Å²) in [6, 6.07) is 15.3. The molecule has 2 aromatic carbocycles. The van der Waals surface area contributed by atoms with Gasteiger partial charge in [0.05, 0.1) is 19.4 Å². The molecule has 3 aromatic rings. The summed E-state index contributed by atoms with van der Waals surface area (Å²) in [4.78, 5) is 19.9. The first-order valence-electron chi connectivity index (χ1n) is 12.0. The van der Waals surface area contributed by atoms with Crippen molar-refractivity contribution in [1.82, 2.24) is 15.2 Å². The van der Waals surface area contributed by atoms with Crippen molar-refractivity contribution in [3.8, 4) is 11.5 Å². The van der Waals surface area contributed by atoms with Crippen molar-refractivity contribution in [2.45, 2.75) is 25.7 Å². The molecule has 0 bridgehead atoms. The Morgan fingerprint density at radius 1 is 1.09 bits per heavy atom. The molecule has 0 spiro atoms. The van der Waals surface area contributed by atoms with E-state index in [-0.39, 0.29) is 11.3 Å². The molecule has 4 rings (SSSR count). The number of carbonyl (C=O) groups is 1. The fraction of sp³-hybridized carbons (Fsp3) is 0.407. The van der Waals surface area contributed by atoms with Gasteiger partial charge in [0.2, 0.25) is 0 Å². The van der Waals surface area contributed by atoms with Crippen LogP contribution in [0, 0.1) is 0 Å². The Morgan fingerprint density at radius 3 is 2.46 bits per heavy atom. The van der Waals surface area contributed by atoms with Crippen molar-refractivity contribution in [3.05, 3.63) is 70.7 Å². The molecule has 186 valence electrons. The zero-order valence-electron chi connectivity index (χ0n) is 20.7. The van der Waals surface area contributed by atoms with Gasteiger partial charge in [-0.05, 0) is 48.4 Å². The number of benzene rings is 2. The van der Waals surface area contributed by atoms with Crippen LogP contribution in [0.2, 0.25) is 0 Å². The second-order valence-corrected chi connectivity index (χ2v) is 10.0. The van der Waals surface area contributed by atoms with Crippen LogP contribution in [0.4, 0.5) is 5.13 Å². The number of aromatic nitrogens is 1. The number of piperazine rings is 1. The average Bonchev–Trinajstić information content (AvgIpc) is 3.37. The largest absolute Gasteiger partial charge is 0.497 e. The van der Waals surface area contributed by atoms with Crippen LogP contribution in [0.1, 0.15) is 41.9 Å². The summed E-state index contributed by atoms with van der Waals surface area (Å²) in [5, 5.41) is 8.87. The smallest absolute Gasteiger partial charge is 0.257 e. The number of amides is 1. The molecule has 2 N–H and O–H groups in total. The fourth-order valence-electron chi connectivity index (χ4n) is 4.06. The summed E-state index contributed by atoms with van der Waals surface area (Å²) in [7, 11) is 1.66. The van der Waals surface area contributed by atoms with Crippen LogP contribution in [0.3, 0.4) is 0 Å². The summed E-state index contributed by atoms with van der Waals surface area (Å²) in [5.74, 6) is 1.42. The number of hydrogen-bond donors (Lipinski definition) is 2. The number of hydrogen-bond acceptors (Lipinski definition) is 7. The van der Waals surface area contributed by atoms with Crippen LogP contribution in [-0.2, 0) is 5.41 Å². The molecule has 1 fully saturated rings. The lowest BCUT2D eigenvalue weighted by molar-refractivity contribution is 0.102. The van der Waals surface area contributed by atoms with Gasteiger partial charge in [-0.15, -0.1) is 11.3 Å². The Hall–Kier alpha value is -2.94. The second-order valence-electron chi connectivity index (χ2n) is 9.16. The zero-order valence-corrected chi connectivity index (χ0v) is 21.5. The van der Waals surface area contributed by atoms with Crippen molar-refractivity contribution in [1.29, 1.82) is 0 Å². The molecule has 1 saturated heterocycles. The molecule has 35 heavy (non-hydrogen) atoms. The molecule has 7 nitrogen and oxygen atoms in total. The number of anilines is 1. The van der Waals surface area contributed by atoms with Gasteiger partial charge in [-0.3, -0.25) is 10.1 Å². The molecular weight excluding hydrogens is 460 g/mol. The summed E-state index contributed by atoms with van der Waals surface area (Å²) >= 11 is 1.43. The molecule has 1 aliphatic rings. The minimum Gasteiger partial charge on any atom is -0.497 e. The van der Waals surface area contributed by atoms with Gasteiger partial charge in [0.15, 0.2) is 5.13 Å². The van der Waals surface area contributed by atoms with Gasteiger partial charge in [0, 0.05) is 49.1 Å². The summed E-state index contributed by atoms with van der Waals surface area (Å²) < 4.78 is 11.1. The van der Waals surface area contributed by atoms with Crippen molar-refractivity contribution >= 4 is 22.4 Å². The van der Waals surface area contributed by atoms with Crippen LogP contribution < -0.4 is 20.1 Å². The molecule has 0 aliphatic carbocycles. The first-order valence-corrected chi connectivity index (χ1v) is 12.9. The SMILES string of the molecule is COc1ccc(C(C)(C)c2csc(NC(=O)c3ccc(OCCCN4CCNCC4)cc3)n2)cc1. The van der Waals surface area contributed by atoms with E-state index in [2.05, 4.69) is 29.4 Å². The summed E-state index contributed by atoms with van der Waals surface area (Å²) in [6.45, 7) is 10.3. The topological polar surface area (TPSA) is 75.7 Å². The molecule has 0 saturated carbocycles. The van der Waals surface area contributed by atoms with E-state index in [1.807, 2.05) is 41.8 Å². The van der Waals surface area contributed by atoms with Crippen LogP contribution >= 0.6 is 11.3 Å². The predicted molar refractivity (Wildman–Crippen MR) is 141 cm³/mol. The van der Waals surface area contributed by atoms with E-state index >= 15 is 0 Å². The van der Waals surface area contributed by atoms with E-state index in [0.29, 0.717) is 17.3 Å². The van der Waals surface area contributed by atoms with Gasteiger partial charge < -0.3 is 19.7 Å². The number of ether oxygens (including phenoxy) is 2. The number of thiazole rings is 1. The van der Waals surface area contributed by atoms with Gasteiger partial charge in [-0.2, -0.15) is 0 Å². The number of carbonyl (C=O) groups excluding carboxylic acids is 1. The van der Waals surface area contributed by atoms with E-state index in [9.17, 15) is 4.79 Å². The van der Waals surface area contributed by atoms with Crippen molar-refractivity contribution in [3.63, 3.8) is 0 Å². The lowest BCUT2D eigenvalue weighted by Crippen LogP contribution is -2.43. The standard InChI is InChI=1S/C27H34N4O3S/c1-27(2,21-7-11-22(33-3)12-8-21)24-19-35-26(29-24)30-25(32)20-5-9-23(10-6-20)34-18-4-15-31-16-13-28-14-17-31/h5-12,19,28H,4,13-18H2,1-3H3,(H,29,30,32). The van der Waals surface area contributed by atoms with E-state index in [0.717, 1.165) is 61.9 Å². The minimum absolute atomic E-state index is 0.182. The highest BCUT2D eigenvalue weighted by atomic mass is 32.1. The van der Waals surface area contributed by atoms with Gasteiger partial charge >= 0.3 is 0 Å². The Labute approximate surface area is 211 Å². The van der Waals surface area contributed by atoms with Crippen molar-refractivity contribution in [2.75, 3.05) is 51.8 Å². The van der Waals surface area contributed by atoms with Crippen molar-refractivity contribution in [2.24, 2.45) is 0 Å². The molecule has 2 heterocycles. The molecule has 0 unspecified atom stereocenters. The Kier molecular flexibility index (Phi) is 8.38. The van der Waals surface area contributed by atoms with Crippen LogP contribution in [-0.4, -0.2) is 62.2 Å². The third kappa shape index (κ3) is 6.60. The fourth-order valence-corrected chi connectivity index (χ4v) is 4.93. The molecule has 8 heteroatoms. The summed E-state index contributed by atoms with van der Waals surface area (Å²) in [5.41, 5.74) is 2.32. The highest BCUT2D eigenvalue weighted by Gasteiger charge is 2.26. The molecular formula is C27H34N4O3S. The number of methoxy groups -OCH3 is 1. The van der Waals surface area contributed by atoms with Crippen molar-refractivity contribution < 1.29 is 14.3 Å². The highest BCUT2D eigenvalue weighted by molar-refractivity contribution is 7.14.